The molecule has 0 heterocycles. The zero-order valence-corrected chi connectivity index (χ0v) is 13.7. The Labute approximate surface area is 129 Å². The Kier molecular flexibility index (Phi) is 7.73. The van der Waals surface area contributed by atoms with Crippen LogP contribution >= 0.6 is 0 Å². The summed E-state index contributed by atoms with van der Waals surface area (Å²) in [6.45, 7) is 7.12. The Bertz CT molecular complexity index is 437. The van der Waals surface area contributed by atoms with Gasteiger partial charge in [-0.1, -0.05) is 81.4 Å². The molecule has 0 aliphatic heterocycles. The Morgan fingerprint density at radius 2 is 1.19 bits per heavy atom. The highest BCUT2D eigenvalue weighted by Crippen LogP contribution is 2.26. The summed E-state index contributed by atoms with van der Waals surface area (Å²) in [6.07, 6.45) is 0. The van der Waals surface area contributed by atoms with E-state index in [1.54, 1.807) is 0 Å². The van der Waals surface area contributed by atoms with Crippen LogP contribution in [0.1, 0.15) is 37.9 Å². The molecule has 0 radical (unpaired) electrons. The Morgan fingerprint density at radius 3 is 1.48 bits per heavy atom. The maximum Gasteiger partial charge on any atom is 0.0599 e. The second-order valence-electron chi connectivity index (χ2n) is 5.54. The SMILES string of the molecule is CC(C)N.CCN(C)C(c1ccccc1)c1ccccc1. The lowest BCUT2D eigenvalue weighted by atomic mass is 9.97. The first kappa shape index (κ1) is 17.4. The fourth-order valence-electron chi connectivity index (χ4n) is 2.15. The zero-order valence-electron chi connectivity index (χ0n) is 13.7. The van der Waals surface area contributed by atoms with E-state index in [0.717, 1.165) is 6.54 Å². The summed E-state index contributed by atoms with van der Waals surface area (Å²) >= 11 is 0. The van der Waals surface area contributed by atoms with Crippen LogP contribution in [0.15, 0.2) is 60.7 Å². The van der Waals surface area contributed by atoms with Gasteiger partial charge in [0.2, 0.25) is 0 Å². The van der Waals surface area contributed by atoms with Gasteiger partial charge in [0.05, 0.1) is 6.04 Å². The van der Waals surface area contributed by atoms with Gasteiger partial charge < -0.3 is 5.73 Å². The summed E-state index contributed by atoms with van der Waals surface area (Å²) < 4.78 is 0. The average Bonchev–Trinajstić information content (AvgIpc) is 2.49. The third-order valence-electron chi connectivity index (χ3n) is 3.17. The molecule has 0 atom stereocenters. The van der Waals surface area contributed by atoms with Crippen LogP contribution in [-0.2, 0) is 0 Å². The number of nitrogens with two attached hydrogens (primary N) is 1. The first-order valence-corrected chi connectivity index (χ1v) is 7.62. The maximum absolute atomic E-state index is 5.11. The van der Waals surface area contributed by atoms with Crippen LogP contribution in [0.5, 0.6) is 0 Å². The van der Waals surface area contributed by atoms with Crippen molar-refractivity contribution >= 4 is 0 Å². The normalized spacial score (nSPS) is 10.7. The molecule has 2 aromatic rings. The topological polar surface area (TPSA) is 29.3 Å². The molecule has 0 aliphatic rings. The van der Waals surface area contributed by atoms with E-state index >= 15 is 0 Å². The Hall–Kier alpha value is -1.64. The van der Waals surface area contributed by atoms with Crippen LogP contribution in [0.2, 0.25) is 0 Å². The van der Waals surface area contributed by atoms with E-state index in [2.05, 4.69) is 79.5 Å². The molecule has 2 N–H and O–H groups in total. The van der Waals surface area contributed by atoms with E-state index in [1.807, 2.05) is 13.8 Å². The smallest absolute Gasteiger partial charge is 0.0599 e. The van der Waals surface area contributed by atoms with Gasteiger partial charge in [-0.15, -0.1) is 0 Å². The number of hydrogen-bond donors (Lipinski definition) is 1. The highest BCUT2D eigenvalue weighted by Gasteiger charge is 2.17. The molecular formula is C19H28N2. The molecule has 0 spiro atoms. The van der Waals surface area contributed by atoms with Crippen LogP contribution in [0.3, 0.4) is 0 Å². The summed E-state index contributed by atoms with van der Waals surface area (Å²) in [6, 6.07) is 22.0. The van der Waals surface area contributed by atoms with Gasteiger partial charge in [-0.05, 0) is 30.8 Å². The van der Waals surface area contributed by atoms with E-state index in [9.17, 15) is 0 Å². The minimum atomic E-state index is 0.333. The standard InChI is InChI=1S/C16H19N.C3H9N/c1-3-17(2)16(14-10-6-4-7-11-14)15-12-8-5-9-13-15;1-3(2)4/h4-13,16H,3H2,1-2H3;3H,4H2,1-2H3. The van der Waals surface area contributed by atoms with E-state index < -0.39 is 0 Å². The fraction of sp³-hybridized carbons (Fsp3) is 0.368. The van der Waals surface area contributed by atoms with Gasteiger partial charge in [-0.2, -0.15) is 0 Å². The molecule has 0 bridgehead atoms. The van der Waals surface area contributed by atoms with Crippen molar-refractivity contribution in [3.63, 3.8) is 0 Å². The predicted molar refractivity (Wildman–Crippen MR) is 92.4 cm³/mol. The lowest BCUT2D eigenvalue weighted by molar-refractivity contribution is 0.294. The molecule has 2 rings (SSSR count). The molecule has 2 aromatic carbocycles. The summed E-state index contributed by atoms with van der Waals surface area (Å²) in [5, 5.41) is 0. The van der Waals surface area contributed by atoms with E-state index in [1.165, 1.54) is 11.1 Å². The summed E-state index contributed by atoms with van der Waals surface area (Å²) in [4.78, 5) is 2.37. The van der Waals surface area contributed by atoms with Gasteiger partial charge in [0.25, 0.3) is 0 Å². The average molecular weight is 284 g/mol. The van der Waals surface area contributed by atoms with Gasteiger partial charge in [0.1, 0.15) is 0 Å². The number of nitrogens with zero attached hydrogens (tertiary/aromatic N) is 1. The van der Waals surface area contributed by atoms with Crippen molar-refractivity contribution in [2.24, 2.45) is 5.73 Å². The molecule has 0 unspecified atom stereocenters. The maximum atomic E-state index is 5.11. The second-order valence-corrected chi connectivity index (χ2v) is 5.54. The molecule has 0 saturated heterocycles. The van der Waals surface area contributed by atoms with Crippen LogP contribution in [0.25, 0.3) is 0 Å². The summed E-state index contributed by atoms with van der Waals surface area (Å²) in [7, 11) is 2.17. The lowest BCUT2D eigenvalue weighted by Crippen LogP contribution is -2.25. The van der Waals surface area contributed by atoms with E-state index in [4.69, 9.17) is 5.73 Å². The first-order valence-electron chi connectivity index (χ1n) is 7.62. The molecule has 0 aliphatic carbocycles. The predicted octanol–water partition coefficient (Wildman–Crippen LogP) is 4.08. The third kappa shape index (κ3) is 6.11. The minimum Gasteiger partial charge on any atom is -0.328 e. The van der Waals surface area contributed by atoms with Crippen molar-refractivity contribution in [3.8, 4) is 0 Å². The highest BCUT2D eigenvalue weighted by atomic mass is 15.1. The highest BCUT2D eigenvalue weighted by molar-refractivity contribution is 5.31. The number of hydrogen-bond acceptors (Lipinski definition) is 2. The van der Waals surface area contributed by atoms with Crippen LogP contribution in [-0.4, -0.2) is 24.5 Å². The van der Waals surface area contributed by atoms with E-state index in [0.29, 0.717) is 12.1 Å². The lowest BCUT2D eigenvalue weighted by Gasteiger charge is -2.27. The second kappa shape index (κ2) is 9.32. The third-order valence-corrected chi connectivity index (χ3v) is 3.17. The molecule has 2 nitrogen and oxygen atoms in total. The number of benzene rings is 2. The monoisotopic (exact) mass is 284 g/mol. The van der Waals surface area contributed by atoms with Crippen molar-refractivity contribution in [2.45, 2.75) is 32.9 Å². The van der Waals surface area contributed by atoms with Crippen molar-refractivity contribution in [3.05, 3.63) is 71.8 Å². The molecule has 0 saturated carbocycles. The van der Waals surface area contributed by atoms with Crippen LogP contribution in [0, 0.1) is 0 Å². The van der Waals surface area contributed by atoms with Crippen molar-refractivity contribution < 1.29 is 0 Å². The molecule has 0 amide bonds. The van der Waals surface area contributed by atoms with Gasteiger partial charge >= 0.3 is 0 Å². The van der Waals surface area contributed by atoms with E-state index in [-0.39, 0.29) is 0 Å². The number of rotatable bonds is 4. The van der Waals surface area contributed by atoms with Gasteiger partial charge in [-0.25, -0.2) is 0 Å². The summed E-state index contributed by atoms with van der Waals surface area (Å²) in [5.41, 5.74) is 7.81. The Balaban J connectivity index is 0.000000491. The summed E-state index contributed by atoms with van der Waals surface area (Å²) in [5.74, 6) is 0. The minimum absolute atomic E-state index is 0.333. The first-order chi connectivity index (χ1) is 10.1. The van der Waals surface area contributed by atoms with Gasteiger partial charge in [0.15, 0.2) is 0 Å². The van der Waals surface area contributed by atoms with Gasteiger partial charge in [-0.3, -0.25) is 4.90 Å². The molecule has 0 aromatic heterocycles. The Morgan fingerprint density at radius 1 is 0.857 bits per heavy atom. The fourth-order valence-corrected chi connectivity index (χ4v) is 2.15. The van der Waals surface area contributed by atoms with Crippen molar-refractivity contribution in [1.29, 1.82) is 0 Å². The molecule has 0 fully saturated rings. The van der Waals surface area contributed by atoms with Crippen LogP contribution in [0.4, 0.5) is 0 Å². The molecule has 21 heavy (non-hydrogen) atoms. The van der Waals surface area contributed by atoms with Crippen molar-refractivity contribution in [1.82, 2.24) is 4.90 Å². The van der Waals surface area contributed by atoms with Crippen LogP contribution < -0.4 is 5.73 Å². The quantitative estimate of drug-likeness (QED) is 0.916. The molecule has 114 valence electrons. The molecule has 2 heteroatoms. The van der Waals surface area contributed by atoms with Gasteiger partial charge in [0, 0.05) is 0 Å². The molecular weight excluding hydrogens is 256 g/mol. The zero-order chi connectivity index (χ0) is 15.7. The van der Waals surface area contributed by atoms with Crippen molar-refractivity contribution in [2.75, 3.05) is 13.6 Å². The largest absolute Gasteiger partial charge is 0.328 e.